The normalized spacial score (nSPS) is 25.6. The van der Waals surface area contributed by atoms with Crippen LogP contribution in [0.3, 0.4) is 0 Å². The number of piperidine rings is 1. The summed E-state index contributed by atoms with van der Waals surface area (Å²) >= 11 is 5.66. The maximum Gasteiger partial charge on any atom is 0.0275 e. The van der Waals surface area contributed by atoms with Gasteiger partial charge in [-0.15, -0.1) is 18.2 Å². The fraction of sp³-hybridized carbons (Fsp3) is 0.800. The molecule has 0 aromatic heterocycles. The van der Waals surface area contributed by atoms with Crippen molar-refractivity contribution < 1.29 is 0 Å². The monoisotopic (exact) mass is 187 g/mol. The van der Waals surface area contributed by atoms with Crippen molar-refractivity contribution in [3.63, 3.8) is 0 Å². The van der Waals surface area contributed by atoms with Gasteiger partial charge in [0.1, 0.15) is 0 Å². The maximum absolute atomic E-state index is 5.66. The summed E-state index contributed by atoms with van der Waals surface area (Å²) in [5, 5.41) is 0. The molecule has 70 valence electrons. The number of nitrogens with zero attached hydrogens (tertiary/aromatic N) is 1. The Balaban J connectivity index is 2.31. The van der Waals surface area contributed by atoms with Gasteiger partial charge in [0.25, 0.3) is 0 Å². The highest BCUT2D eigenvalue weighted by molar-refractivity contribution is 6.17. The number of halogens is 1. The first-order valence-corrected chi connectivity index (χ1v) is 5.34. The van der Waals surface area contributed by atoms with Crippen molar-refractivity contribution in [1.29, 1.82) is 0 Å². The van der Waals surface area contributed by atoms with Gasteiger partial charge in [-0.3, -0.25) is 4.90 Å². The molecule has 0 radical (unpaired) electrons. The molecule has 0 spiro atoms. The fourth-order valence-corrected chi connectivity index (χ4v) is 1.94. The minimum Gasteiger partial charge on any atom is -0.297 e. The van der Waals surface area contributed by atoms with E-state index >= 15 is 0 Å². The second-order valence-electron chi connectivity index (χ2n) is 3.38. The second kappa shape index (κ2) is 5.60. The van der Waals surface area contributed by atoms with E-state index in [0.717, 1.165) is 18.8 Å². The lowest BCUT2D eigenvalue weighted by molar-refractivity contribution is 0.181. The SMILES string of the molecule is C=C[C@@H]1CCCCN1CCCCl. The number of alkyl halides is 1. The molecule has 12 heavy (non-hydrogen) atoms. The summed E-state index contributed by atoms with van der Waals surface area (Å²) in [6, 6.07) is 0.613. The molecule has 0 unspecified atom stereocenters. The first-order chi connectivity index (χ1) is 5.88. The summed E-state index contributed by atoms with van der Waals surface area (Å²) in [6.07, 6.45) is 7.16. The summed E-state index contributed by atoms with van der Waals surface area (Å²) in [6.45, 7) is 6.24. The molecular weight excluding hydrogens is 170 g/mol. The first kappa shape index (κ1) is 10.1. The van der Waals surface area contributed by atoms with E-state index in [0.29, 0.717) is 6.04 Å². The molecule has 0 aliphatic carbocycles. The van der Waals surface area contributed by atoms with Gasteiger partial charge in [-0.2, -0.15) is 0 Å². The minimum absolute atomic E-state index is 0.613. The van der Waals surface area contributed by atoms with Gasteiger partial charge < -0.3 is 0 Å². The van der Waals surface area contributed by atoms with Crippen molar-refractivity contribution >= 4 is 11.6 Å². The van der Waals surface area contributed by atoms with Crippen molar-refractivity contribution in [2.45, 2.75) is 31.7 Å². The first-order valence-electron chi connectivity index (χ1n) is 4.81. The van der Waals surface area contributed by atoms with Crippen LogP contribution in [0.4, 0.5) is 0 Å². The van der Waals surface area contributed by atoms with E-state index in [1.54, 1.807) is 0 Å². The van der Waals surface area contributed by atoms with Crippen molar-refractivity contribution in [3.8, 4) is 0 Å². The van der Waals surface area contributed by atoms with E-state index in [2.05, 4.69) is 17.6 Å². The zero-order valence-corrected chi connectivity index (χ0v) is 8.39. The average Bonchev–Trinajstić information content (AvgIpc) is 2.15. The predicted octanol–water partition coefficient (Wildman–Crippen LogP) is 2.66. The summed E-state index contributed by atoms with van der Waals surface area (Å²) < 4.78 is 0. The number of hydrogen-bond donors (Lipinski definition) is 0. The largest absolute Gasteiger partial charge is 0.297 e. The number of likely N-dealkylation sites (tertiary alicyclic amines) is 1. The Bertz CT molecular complexity index is 136. The number of hydrogen-bond acceptors (Lipinski definition) is 1. The van der Waals surface area contributed by atoms with Crippen LogP contribution in [0.25, 0.3) is 0 Å². The highest BCUT2D eigenvalue weighted by Crippen LogP contribution is 2.17. The lowest BCUT2D eigenvalue weighted by Crippen LogP contribution is -2.38. The van der Waals surface area contributed by atoms with Crippen LogP contribution in [0.5, 0.6) is 0 Å². The van der Waals surface area contributed by atoms with Crippen molar-refractivity contribution in [3.05, 3.63) is 12.7 Å². The Morgan fingerprint density at radius 2 is 2.33 bits per heavy atom. The molecule has 1 rings (SSSR count). The predicted molar refractivity (Wildman–Crippen MR) is 54.7 cm³/mol. The molecule has 1 aliphatic heterocycles. The lowest BCUT2D eigenvalue weighted by Gasteiger charge is -2.33. The Labute approximate surface area is 80.4 Å². The fourth-order valence-electron chi connectivity index (χ4n) is 1.82. The van der Waals surface area contributed by atoms with E-state index < -0.39 is 0 Å². The Hall–Kier alpha value is -0.0100. The standard InChI is InChI=1S/C10H18ClN/c1-2-10-6-3-4-8-12(10)9-5-7-11/h2,10H,1,3-9H2/t10-/m1/s1. The summed E-state index contributed by atoms with van der Waals surface area (Å²) in [5.74, 6) is 0.778. The third-order valence-electron chi connectivity index (χ3n) is 2.52. The van der Waals surface area contributed by atoms with E-state index in [1.807, 2.05) is 0 Å². The van der Waals surface area contributed by atoms with Crippen LogP contribution >= 0.6 is 11.6 Å². The van der Waals surface area contributed by atoms with E-state index in [-0.39, 0.29) is 0 Å². The molecule has 0 aromatic rings. The summed E-state index contributed by atoms with van der Waals surface area (Å²) in [5.41, 5.74) is 0. The Morgan fingerprint density at radius 3 is 3.00 bits per heavy atom. The molecule has 0 aromatic carbocycles. The molecule has 0 saturated carbocycles. The van der Waals surface area contributed by atoms with Crippen LogP contribution in [0, 0.1) is 0 Å². The molecule has 1 atom stereocenters. The quantitative estimate of drug-likeness (QED) is 0.483. The van der Waals surface area contributed by atoms with Crippen LogP contribution in [0.1, 0.15) is 25.7 Å². The molecule has 1 heterocycles. The molecule has 0 N–H and O–H groups in total. The van der Waals surface area contributed by atoms with Crippen LogP contribution in [0.15, 0.2) is 12.7 Å². The van der Waals surface area contributed by atoms with E-state index in [9.17, 15) is 0 Å². The zero-order valence-electron chi connectivity index (χ0n) is 7.64. The van der Waals surface area contributed by atoms with Crippen molar-refractivity contribution in [2.75, 3.05) is 19.0 Å². The van der Waals surface area contributed by atoms with E-state index in [4.69, 9.17) is 11.6 Å². The second-order valence-corrected chi connectivity index (χ2v) is 3.76. The molecule has 1 nitrogen and oxygen atoms in total. The third-order valence-corrected chi connectivity index (χ3v) is 2.78. The van der Waals surface area contributed by atoms with Crippen LogP contribution in [-0.2, 0) is 0 Å². The van der Waals surface area contributed by atoms with Gasteiger partial charge >= 0.3 is 0 Å². The van der Waals surface area contributed by atoms with Gasteiger partial charge in [-0.05, 0) is 32.4 Å². The average molecular weight is 188 g/mol. The maximum atomic E-state index is 5.66. The Morgan fingerprint density at radius 1 is 1.50 bits per heavy atom. The summed E-state index contributed by atoms with van der Waals surface area (Å²) in [7, 11) is 0. The van der Waals surface area contributed by atoms with Crippen molar-refractivity contribution in [2.24, 2.45) is 0 Å². The molecular formula is C10H18ClN. The molecule has 1 fully saturated rings. The van der Waals surface area contributed by atoms with Crippen LogP contribution < -0.4 is 0 Å². The van der Waals surface area contributed by atoms with Crippen molar-refractivity contribution in [1.82, 2.24) is 4.90 Å². The number of rotatable bonds is 4. The molecule has 0 amide bonds. The minimum atomic E-state index is 0.613. The van der Waals surface area contributed by atoms with Crippen LogP contribution in [-0.4, -0.2) is 29.9 Å². The van der Waals surface area contributed by atoms with Gasteiger partial charge in [-0.1, -0.05) is 12.5 Å². The molecule has 0 bridgehead atoms. The Kier molecular flexibility index (Phi) is 4.70. The van der Waals surface area contributed by atoms with Gasteiger partial charge in [0, 0.05) is 11.9 Å². The van der Waals surface area contributed by atoms with E-state index in [1.165, 1.54) is 25.8 Å². The lowest BCUT2D eigenvalue weighted by atomic mass is 10.0. The van der Waals surface area contributed by atoms with Gasteiger partial charge in [0.15, 0.2) is 0 Å². The third kappa shape index (κ3) is 2.80. The topological polar surface area (TPSA) is 3.24 Å². The zero-order chi connectivity index (χ0) is 8.81. The molecule has 2 heteroatoms. The highest BCUT2D eigenvalue weighted by Gasteiger charge is 2.18. The van der Waals surface area contributed by atoms with Crippen LogP contribution in [0.2, 0.25) is 0 Å². The van der Waals surface area contributed by atoms with Gasteiger partial charge in [0.05, 0.1) is 0 Å². The highest BCUT2D eigenvalue weighted by atomic mass is 35.5. The van der Waals surface area contributed by atoms with Gasteiger partial charge in [-0.25, -0.2) is 0 Å². The van der Waals surface area contributed by atoms with Gasteiger partial charge in [0.2, 0.25) is 0 Å². The molecule has 1 saturated heterocycles. The molecule has 1 aliphatic rings. The smallest absolute Gasteiger partial charge is 0.0275 e. The summed E-state index contributed by atoms with van der Waals surface area (Å²) in [4.78, 5) is 2.50.